The van der Waals surface area contributed by atoms with Crippen molar-refractivity contribution in [3.63, 3.8) is 0 Å². The number of hydrogen-bond donors (Lipinski definition) is 2. The van der Waals surface area contributed by atoms with E-state index in [-0.39, 0.29) is 5.92 Å². The summed E-state index contributed by atoms with van der Waals surface area (Å²) >= 11 is 0. The van der Waals surface area contributed by atoms with E-state index in [0.717, 1.165) is 6.42 Å². The molecule has 0 saturated carbocycles. The standard InChI is InChI=1S/C18H27NO5/c1-5-10-24-14-9-8-13(11-15(14)23-7-3)17(20)19-16(18(21)22)12(4)6-2/h8-9,11-12,16H,5-7,10H2,1-4H3,(H,19,20)(H,21,22)/t12-,16-/m0/s1. The third kappa shape index (κ3) is 5.44. The lowest BCUT2D eigenvalue weighted by atomic mass is 9.99. The predicted molar refractivity (Wildman–Crippen MR) is 91.7 cm³/mol. The summed E-state index contributed by atoms with van der Waals surface area (Å²) in [6, 6.07) is 3.95. The quantitative estimate of drug-likeness (QED) is 0.685. The third-order valence-corrected chi connectivity index (χ3v) is 3.73. The number of amides is 1. The number of rotatable bonds is 10. The highest BCUT2D eigenvalue weighted by Crippen LogP contribution is 2.28. The second-order valence-electron chi connectivity index (χ2n) is 5.62. The molecule has 24 heavy (non-hydrogen) atoms. The van der Waals surface area contributed by atoms with Crippen LogP contribution in [0.25, 0.3) is 0 Å². The molecule has 0 saturated heterocycles. The predicted octanol–water partition coefficient (Wildman–Crippen LogP) is 3.10. The molecular weight excluding hydrogens is 310 g/mol. The van der Waals surface area contributed by atoms with Gasteiger partial charge in [0.2, 0.25) is 0 Å². The Kier molecular flexibility index (Phi) is 8.09. The van der Waals surface area contributed by atoms with Crippen LogP contribution in [0.2, 0.25) is 0 Å². The molecule has 0 aliphatic carbocycles. The number of benzene rings is 1. The van der Waals surface area contributed by atoms with Gasteiger partial charge in [0.15, 0.2) is 11.5 Å². The van der Waals surface area contributed by atoms with Gasteiger partial charge in [-0.3, -0.25) is 4.79 Å². The maximum absolute atomic E-state index is 12.4. The van der Waals surface area contributed by atoms with Crippen molar-refractivity contribution in [2.24, 2.45) is 5.92 Å². The molecule has 0 aliphatic rings. The normalized spacial score (nSPS) is 13.0. The molecule has 1 amide bonds. The molecule has 2 atom stereocenters. The van der Waals surface area contributed by atoms with Crippen LogP contribution in [0.4, 0.5) is 0 Å². The molecule has 1 rings (SSSR count). The van der Waals surface area contributed by atoms with Crippen LogP contribution in [-0.4, -0.2) is 36.2 Å². The van der Waals surface area contributed by atoms with Gasteiger partial charge in [0.25, 0.3) is 5.91 Å². The fourth-order valence-electron chi connectivity index (χ4n) is 2.16. The van der Waals surface area contributed by atoms with E-state index < -0.39 is 17.9 Å². The van der Waals surface area contributed by atoms with Crippen molar-refractivity contribution in [3.8, 4) is 11.5 Å². The van der Waals surface area contributed by atoms with Crippen LogP contribution in [0, 0.1) is 5.92 Å². The number of aliphatic carboxylic acids is 1. The van der Waals surface area contributed by atoms with Crippen LogP contribution in [0.5, 0.6) is 11.5 Å². The first kappa shape index (κ1) is 19.8. The summed E-state index contributed by atoms with van der Waals surface area (Å²) in [6.07, 6.45) is 1.52. The number of carbonyl (C=O) groups excluding carboxylic acids is 1. The molecule has 134 valence electrons. The largest absolute Gasteiger partial charge is 0.490 e. The number of ether oxygens (including phenoxy) is 2. The first-order chi connectivity index (χ1) is 11.4. The molecule has 0 heterocycles. The van der Waals surface area contributed by atoms with Crippen LogP contribution in [0.1, 0.15) is 50.9 Å². The molecule has 0 fully saturated rings. The van der Waals surface area contributed by atoms with Crippen LogP contribution in [0.15, 0.2) is 18.2 Å². The van der Waals surface area contributed by atoms with Crippen molar-refractivity contribution in [2.75, 3.05) is 13.2 Å². The molecule has 0 spiro atoms. The maximum atomic E-state index is 12.4. The molecule has 1 aromatic rings. The van der Waals surface area contributed by atoms with Gasteiger partial charge >= 0.3 is 5.97 Å². The molecule has 0 bridgehead atoms. The number of hydrogen-bond acceptors (Lipinski definition) is 4. The summed E-state index contributed by atoms with van der Waals surface area (Å²) in [6.45, 7) is 8.54. The van der Waals surface area contributed by atoms with E-state index in [1.807, 2.05) is 20.8 Å². The Bertz CT molecular complexity index is 558. The van der Waals surface area contributed by atoms with Crippen molar-refractivity contribution in [3.05, 3.63) is 23.8 Å². The number of carbonyl (C=O) groups is 2. The summed E-state index contributed by atoms with van der Waals surface area (Å²) in [5.74, 6) is -0.581. The van der Waals surface area contributed by atoms with E-state index in [2.05, 4.69) is 5.32 Å². The third-order valence-electron chi connectivity index (χ3n) is 3.73. The molecule has 1 aromatic carbocycles. The van der Waals surface area contributed by atoms with Crippen LogP contribution in [0.3, 0.4) is 0 Å². The first-order valence-electron chi connectivity index (χ1n) is 8.37. The van der Waals surface area contributed by atoms with Gasteiger partial charge in [-0.1, -0.05) is 27.2 Å². The molecule has 0 aromatic heterocycles. The lowest BCUT2D eigenvalue weighted by Gasteiger charge is -2.20. The van der Waals surface area contributed by atoms with E-state index in [0.29, 0.717) is 36.7 Å². The number of carboxylic acids is 1. The van der Waals surface area contributed by atoms with Gasteiger partial charge in [0, 0.05) is 5.56 Å². The lowest BCUT2D eigenvalue weighted by Crippen LogP contribution is -2.45. The summed E-state index contributed by atoms with van der Waals surface area (Å²) in [5, 5.41) is 11.9. The highest BCUT2D eigenvalue weighted by Gasteiger charge is 2.26. The molecule has 0 radical (unpaired) electrons. The van der Waals surface area contributed by atoms with Crippen LogP contribution >= 0.6 is 0 Å². The molecular formula is C18H27NO5. The Morgan fingerprint density at radius 2 is 1.88 bits per heavy atom. The van der Waals surface area contributed by atoms with Crippen LogP contribution in [-0.2, 0) is 4.79 Å². The Labute approximate surface area is 143 Å². The van der Waals surface area contributed by atoms with Gasteiger partial charge in [0.1, 0.15) is 6.04 Å². The van der Waals surface area contributed by atoms with E-state index in [1.165, 1.54) is 0 Å². The minimum atomic E-state index is -1.04. The zero-order chi connectivity index (χ0) is 18.1. The highest BCUT2D eigenvalue weighted by atomic mass is 16.5. The van der Waals surface area contributed by atoms with E-state index in [1.54, 1.807) is 25.1 Å². The number of nitrogens with one attached hydrogen (secondary N) is 1. The van der Waals surface area contributed by atoms with Gasteiger partial charge < -0.3 is 19.9 Å². The minimum Gasteiger partial charge on any atom is -0.490 e. The molecule has 6 nitrogen and oxygen atoms in total. The highest BCUT2D eigenvalue weighted by molar-refractivity contribution is 5.97. The summed E-state index contributed by atoms with van der Waals surface area (Å²) in [4.78, 5) is 23.7. The van der Waals surface area contributed by atoms with Crippen molar-refractivity contribution < 1.29 is 24.2 Å². The van der Waals surface area contributed by atoms with Crippen molar-refractivity contribution in [1.29, 1.82) is 0 Å². The Balaban J connectivity index is 2.97. The van der Waals surface area contributed by atoms with Gasteiger partial charge in [-0.15, -0.1) is 0 Å². The van der Waals surface area contributed by atoms with E-state index in [4.69, 9.17) is 9.47 Å². The maximum Gasteiger partial charge on any atom is 0.326 e. The summed E-state index contributed by atoms with van der Waals surface area (Å²) < 4.78 is 11.1. The smallest absolute Gasteiger partial charge is 0.326 e. The summed E-state index contributed by atoms with van der Waals surface area (Å²) in [7, 11) is 0. The van der Waals surface area contributed by atoms with Crippen LogP contribution < -0.4 is 14.8 Å². The minimum absolute atomic E-state index is 0.162. The fraction of sp³-hybridized carbons (Fsp3) is 0.556. The topological polar surface area (TPSA) is 84.9 Å². The van der Waals surface area contributed by atoms with Crippen molar-refractivity contribution >= 4 is 11.9 Å². The monoisotopic (exact) mass is 337 g/mol. The van der Waals surface area contributed by atoms with Gasteiger partial charge in [-0.05, 0) is 37.5 Å². The second kappa shape index (κ2) is 9.80. The van der Waals surface area contributed by atoms with Gasteiger partial charge in [0.05, 0.1) is 13.2 Å². The zero-order valence-corrected chi connectivity index (χ0v) is 14.8. The second-order valence-corrected chi connectivity index (χ2v) is 5.62. The van der Waals surface area contributed by atoms with E-state index in [9.17, 15) is 14.7 Å². The fourth-order valence-corrected chi connectivity index (χ4v) is 2.16. The molecule has 0 aliphatic heterocycles. The number of carboxylic acid groups (broad SMARTS) is 1. The molecule has 0 unspecified atom stereocenters. The Morgan fingerprint density at radius 1 is 1.17 bits per heavy atom. The molecule has 2 N–H and O–H groups in total. The van der Waals surface area contributed by atoms with Gasteiger partial charge in [-0.25, -0.2) is 4.79 Å². The van der Waals surface area contributed by atoms with Gasteiger partial charge in [-0.2, -0.15) is 0 Å². The SMILES string of the molecule is CCCOc1ccc(C(=O)N[C@H](C(=O)O)[C@@H](C)CC)cc1OCC. The first-order valence-corrected chi connectivity index (χ1v) is 8.37. The molecule has 6 heteroatoms. The Morgan fingerprint density at radius 3 is 2.42 bits per heavy atom. The Hall–Kier alpha value is -2.24. The average molecular weight is 337 g/mol. The summed E-state index contributed by atoms with van der Waals surface area (Å²) in [5.41, 5.74) is 0.344. The van der Waals surface area contributed by atoms with E-state index >= 15 is 0 Å². The zero-order valence-electron chi connectivity index (χ0n) is 14.8. The van der Waals surface area contributed by atoms with Crippen molar-refractivity contribution in [2.45, 2.75) is 46.6 Å². The lowest BCUT2D eigenvalue weighted by molar-refractivity contribution is -0.140. The van der Waals surface area contributed by atoms with Crippen molar-refractivity contribution in [1.82, 2.24) is 5.32 Å². The average Bonchev–Trinajstić information content (AvgIpc) is 2.57.